The van der Waals surface area contributed by atoms with Gasteiger partial charge in [-0.2, -0.15) is 0 Å². The first-order chi connectivity index (χ1) is 11.9. The smallest absolute Gasteiger partial charge is 0.229 e. The number of hydrogen-bond donors (Lipinski definition) is 1. The lowest BCUT2D eigenvalue weighted by molar-refractivity contribution is -0.119. The standard InChI is InChI=1S/C19H24ClN3OS/c1-12(2)10-16-19(25-13(3)21-16)22-18(24)14-8-9-23(11-14)17-7-5-4-6-15(17)20/h4-7,12,14H,8-11H2,1-3H3,(H,22,24). The number of thiazole rings is 1. The van der Waals surface area contributed by atoms with Gasteiger partial charge >= 0.3 is 0 Å². The SMILES string of the molecule is Cc1nc(CC(C)C)c(NC(=O)C2CCN(c3ccccc3Cl)C2)s1. The maximum atomic E-state index is 12.7. The summed E-state index contributed by atoms with van der Waals surface area (Å²) in [5.41, 5.74) is 2.01. The molecule has 0 saturated carbocycles. The van der Waals surface area contributed by atoms with E-state index < -0.39 is 0 Å². The van der Waals surface area contributed by atoms with Crippen molar-refractivity contribution < 1.29 is 4.79 Å². The van der Waals surface area contributed by atoms with E-state index in [1.165, 1.54) is 0 Å². The molecule has 1 aliphatic heterocycles. The quantitative estimate of drug-likeness (QED) is 0.816. The monoisotopic (exact) mass is 377 g/mol. The largest absolute Gasteiger partial charge is 0.370 e. The molecule has 3 rings (SSSR count). The fourth-order valence-electron chi connectivity index (χ4n) is 3.21. The Morgan fingerprint density at radius 1 is 1.44 bits per heavy atom. The third-order valence-corrected chi connectivity index (χ3v) is 5.64. The van der Waals surface area contributed by atoms with Crippen LogP contribution in [0.1, 0.15) is 31.0 Å². The number of nitrogens with one attached hydrogen (secondary N) is 1. The second-order valence-electron chi connectivity index (χ2n) is 6.98. The normalized spacial score (nSPS) is 17.3. The predicted molar refractivity (Wildman–Crippen MR) is 106 cm³/mol. The predicted octanol–water partition coefficient (Wildman–Crippen LogP) is 4.77. The minimum atomic E-state index is -0.0226. The maximum Gasteiger partial charge on any atom is 0.229 e. The Hall–Kier alpha value is -1.59. The number of halogens is 1. The molecular weight excluding hydrogens is 354 g/mol. The summed E-state index contributed by atoms with van der Waals surface area (Å²) in [6.45, 7) is 7.87. The Balaban J connectivity index is 1.66. The van der Waals surface area contributed by atoms with E-state index >= 15 is 0 Å². The lowest BCUT2D eigenvalue weighted by Gasteiger charge is -2.19. The van der Waals surface area contributed by atoms with Crippen LogP contribution < -0.4 is 10.2 Å². The number of amides is 1. The molecule has 1 atom stereocenters. The number of aromatic nitrogens is 1. The van der Waals surface area contributed by atoms with Gasteiger partial charge in [0.05, 0.1) is 27.3 Å². The highest BCUT2D eigenvalue weighted by molar-refractivity contribution is 7.16. The van der Waals surface area contributed by atoms with Crippen LogP contribution in [-0.4, -0.2) is 24.0 Å². The van der Waals surface area contributed by atoms with Crippen LogP contribution in [0.25, 0.3) is 0 Å². The summed E-state index contributed by atoms with van der Waals surface area (Å²) >= 11 is 7.85. The van der Waals surface area contributed by atoms with Crippen LogP contribution in [0, 0.1) is 18.8 Å². The molecule has 0 aliphatic carbocycles. The van der Waals surface area contributed by atoms with Crippen LogP contribution in [0.4, 0.5) is 10.7 Å². The number of carbonyl (C=O) groups is 1. The third-order valence-electron chi connectivity index (χ3n) is 4.39. The first-order valence-electron chi connectivity index (χ1n) is 8.70. The fraction of sp³-hybridized carbons (Fsp3) is 0.474. The Bertz CT molecular complexity index is 759. The van der Waals surface area contributed by atoms with Crippen LogP contribution in [0.5, 0.6) is 0 Å². The highest BCUT2D eigenvalue weighted by Gasteiger charge is 2.30. The molecule has 1 aliphatic rings. The molecule has 1 aromatic heterocycles. The Labute approximate surface area is 158 Å². The lowest BCUT2D eigenvalue weighted by atomic mass is 10.1. The molecule has 2 heterocycles. The Morgan fingerprint density at radius 3 is 2.92 bits per heavy atom. The number of para-hydroxylation sites is 1. The van der Waals surface area contributed by atoms with Crippen molar-refractivity contribution in [2.75, 3.05) is 23.3 Å². The maximum absolute atomic E-state index is 12.7. The number of rotatable bonds is 5. The van der Waals surface area contributed by atoms with E-state index in [-0.39, 0.29) is 11.8 Å². The van der Waals surface area contributed by atoms with Gasteiger partial charge in [-0.1, -0.05) is 37.6 Å². The fourth-order valence-corrected chi connectivity index (χ4v) is 4.31. The summed E-state index contributed by atoms with van der Waals surface area (Å²) < 4.78 is 0. The van der Waals surface area contributed by atoms with E-state index in [1.807, 2.05) is 31.2 Å². The first-order valence-corrected chi connectivity index (χ1v) is 9.90. The summed E-state index contributed by atoms with van der Waals surface area (Å²) in [6, 6.07) is 7.81. The van der Waals surface area contributed by atoms with Crippen molar-refractivity contribution in [1.29, 1.82) is 0 Å². The Kier molecular flexibility index (Phi) is 5.64. The molecule has 0 bridgehead atoms. The van der Waals surface area contributed by atoms with Crippen LogP contribution in [0.3, 0.4) is 0 Å². The number of anilines is 2. The number of hydrogen-bond acceptors (Lipinski definition) is 4. The molecule has 1 amide bonds. The summed E-state index contributed by atoms with van der Waals surface area (Å²) in [7, 11) is 0. The van der Waals surface area contributed by atoms with Crippen LogP contribution in [-0.2, 0) is 11.2 Å². The van der Waals surface area contributed by atoms with Gasteiger partial charge in [0, 0.05) is 13.1 Å². The van der Waals surface area contributed by atoms with Gasteiger partial charge in [0.25, 0.3) is 0 Å². The van der Waals surface area contributed by atoms with Gasteiger partial charge in [-0.05, 0) is 37.8 Å². The molecule has 1 N–H and O–H groups in total. The van der Waals surface area contributed by atoms with Gasteiger partial charge in [0.1, 0.15) is 5.00 Å². The lowest BCUT2D eigenvalue weighted by Crippen LogP contribution is -2.27. The topological polar surface area (TPSA) is 45.2 Å². The molecule has 1 saturated heterocycles. The minimum absolute atomic E-state index is 0.0226. The van der Waals surface area contributed by atoms with Crippen molar-refractivity contribution in [2.45, 2.75) is 33.6 Å². The molecule has 6 heteroatoms. The second kappa shape index (κ2) is 7.75. The molecule has 1 aromatic carbocycles. The Morgan fingerprint density at radius 2 is 2.20 bits per heavy atom. The number of nitrogens with zero attached hydrogens (tertiary/aromatic N) is 2. The van der Waals surface area contributed by atoms with E-state index in [9.17, 15) is 4.79 Å². The molecule has 25 heavy (non-hydrogen) atoms. The zero-order valence-electron chi connectivity index (χ0n) is 14.9. The van der Waals surface area contributed by atoms with Gasteiger partial charge < -0.3 is 10.2 Å². The van der Waals surface area contributed by atoms with Gasteiger partial charge in [-0.3, -0.25) is 4.79 Å². The molecule has 1 unspecified atom stereocenters. The average molecular weight is 378 g/mol. The first kappa shape index (κ1) is 18.2. The zero-order valence-corrected chi connectivity index (χ0v) is 16.5. The minimum Gasteiger partial charge on any atom is -0.370 e. The van der Waals surface area contributed by atoms with E-state index in [4.69, 9.17) is 11.6 Å². The zero-order chi connectivity index (χ0) is 18.0. The van der Waals surface area contributed by atoms with E-state index in [0.717, 1.165) is 45.8 Å². The molecule has 2 aromatic rings. The van der Waals surface area contributed by atoms with Crippen LogP contribution >= 0.6 is 22.9 Å². The second-order valence-corrected chi connectivity index (χ2v) is 8.59. The molecule has 0 spiro atoms. The highest BCUT2D eigenvalue weighted by atomic mass is 35.5. The molecule has 4 nitrogen and oxygen atoms in total. The summed E-state index contributed by atoms with van der Waals surface area (Å²) in [5, 5.41) is 5.76. The van der Waals surface area contributed by atoms with Gasteiger partial charge in [0.15, 0.2) is 0 Å². The molecule has 1 fully saturated rings. The van der Waals surface area contributed by atoms with Crippen LogP contribution in [0.2, 0.25) is 5.02 Å². The van der Waals surface area contributed by atoms with Crippen molar-refractivity contribution in [3.05, 3.63) is 40.0 Å². The molecule has 134 valence electrons. The van der Waals surface area contributed by atoms with Crippen molar-refractivity contribution in [3.63, 3.8) is 0 Å². The van der Waals surface area contributed by atoms with E-state index in [0.29, 0.717) is 12.5 Å². The summed E-state index contributed by atoms with van der Waals surface area (Å²) in [6.07, 6.45) is 1.73. The van der Waals surface area contributed by atoms with Gasteiger partial charge in [-0.25, -0.2) is 4.98 Å². The van der Waals surface area contributed by atoms with Crippen molar-refractivity contribution in [2.24, 2.45) is 11.8 Å². The average Bonchev–Trinajstić information content (AvgIpc) is 3.15. The summed E-state index contributed by atoms with van der Waals surface area (Å²) in [5.74, 6) is 0.577. The van der Waals surface area contributed by atoms with E-state index in [1.54, 1.807) is 11.3 Å². The molecular formula is C19H24ClN3OS. The number of aryl methyl sites for hydroxylation is 1. The number of benzene rings is 1. The third kappa shape index (κ3) is 4.33. The van der Waals surface area contributed by atoms with Crippen molar-refractivity contribution >= 4 is 39.5 Å². The highest BCUT2D eigenvalue weighted by Crippen LogP contribution is 2.32. The van der Waals surface area contributed by atoms with Crippen LogP contribution in [0.15, 0.2) is 24.3 Å². The van der Waals surface area contributed by atoms with Gasteiger partial charge in [-0.15, -0.1) is 11.3 Å². The number of carbonyl (C=O) groups excluding carboxylic acids is 1. The molecule has 0 radical (unpaired) electrons. The van der Waals surface area contributed by atoms with Crippen molar-refractivity contribution in [1.82, 2.24) is 4.98 Å². The van der Waals surface area contributed by atoms with Crippen molar-refractivity contribution in [3.8, 4) is 0 Å². The van der Waals surface area contributed by atoms with E-state index in [2.05, 4.69) is 29.0 Å². The summed E-state index contributed by atoms with van der Waals surface area (Å²) in [4.78, 5) is 19.5. The van der Waals surface area contributed by atoms with Gasteiger partial charge in [0.2, 0.25) is 5.91 Å².